The lowest BCUT2D eigenvalue weighted by Crippen LogP contribution is -2.51. The van der Waals surface area contributed by atoms with E-state index >= 15 is 0 Å². The highest BCUT2D eigenvalue weighted by Gasteiger charge is 2.22. The minimum absolute atomic E-state index is 0. The minimum atomic E-state index is -0.275. The number of hydrogen-bond donors (Lipinski definition) is 2. The molecule has 0 saturated carbocycles. The normalized spacial score (nSPS) is 16.0. The van der Waals surface area contributed by atoms with E-state index in [4.69, 9.17) is 9.15 Å². The Bertz CT molecular complexity index is 822. The van der Waals surface area contributed by atoms with Gasteiger partial charge in [-0.1, -0.05) is 13.8 Å². The molecule has 0 amide bonds. The number of nitrogens with zero attached hydrogens (tertiary/aromatic N) is 3. The lowest BCUT2D eigenvalue weighted by Gasteiger charge is -2.35. The molecule has 3 rings (SSSR count). The summed E-state index contributed by atoms with van der Waals surface area (Å²) < 4.78 is 24.1. The number of oxazole rings is 1. The SMILES string of the molecule is CN=C(NCCc1coc(-c2ccc(F)cc2)n1)NCC(CC(C)C)N1CCOCC1.I. The van der Waals surface area contributed by atoms with Gasteiger partial charge in [0.2, 0.25) is 5.89 Å². The monoisotopic (exact) mass is 559 g/mol. The summed E-state index contributed by atoms with van der Waals surface area (Å²) in [5.74, 6) is 1.64. The second-order valence-electron chi connectivity index (χ2n) is 8.21. The average Bonchev–Trinajstić information content (AvgIpc) is 3.25. The predicted octanol–water partition coefficient (Wildman–Crippen LogP) is 3.55. The largest absolute Gasteiger partial charge is 0.444 e. The number of aliphatic imine (C=N–C) groups is 1. The van der Waals surface area contributed by atoms with Crippen LogP contribution in [0, 0.1) is 11.7 Å². The zero-order valence-electron chi connectivity index (χ0n) is 19.1. The minimum Gasteiger partial charge on any atom is -0.444 e. The highest BCUT2D eigenvalue weighted by atomic mass is 127. The maximum absolute atomic E-state index is 13.1. The number of benzene rings is 1. The van der Waals surface area contributed by atoms with E-state index in [0.29, 0.717) is 30.8 Å². The summed E-state index contributed by atoms with van der Waals surface area (Å²) in [4.78, 5) is 11.4. The van der Waals surface area contributed by atoms with Gasteiger partial charge in [0.15, 0.2) is 5.96 Å². The Labute approximate surface area is 207 Å². The van der Waals surface area contributed by atoms with Crippen LogP contribution in [0.4, 0.5) is 4.39 Å². The smallest absolute Gasteiger partial charge is 0.226 e. The third-order valence-electron chi connectivity index (χ3n) is 5.35. The van der Waals surface area contributed by atoms with Gasteiger partial charge in [-0.15, -0.1) is 24.0 Å². The fraction of sp³-hybridized carbons (Fsp3) is 0.565. The van der Waals surface area contributed by atoms with E-state index < -0.39 is 0 Å². The molecule has 178 valence electrons. The van der Waals surface area contributed by atoms with Crippen LogP contribution in [-0.2, 0) is 11.2 Å². The highest BCUT2D eigenvalue weighted by molar-refractivity contribution is 14.0. The first-order chi connectivity index (χ1) is 15.0. The molecule has 1 aromatic heterocycles. The van der Waals surface area contributed by atoms with E-state index in [9.17, 15) is 4.39 Å². The molecule has 1 saturated heterocycles. The lowest BCUT2D eigenvalue weighted by atomic mass is 10.0. The Morgan fingerprint density at radius 1 is 1.19 bits per heavy atom. The van der Waals surface area contributed by atoms with Crippen LogP contribution in [0.25, 0.3) is 11.5 Å². The van der Waals surface area contributed by atoms with Crippen molar-refractivity contribution < 1.29 is 13.5 Å². The quantitative estimate of drug-likeness (QED) is 0.278. The molecule has 1 aromatic carbocycles. The molecule has 9 heteroatoms. The second kappa shape index (κ2) is 13.7. The van der Waals surface area contributed by atoms with E-state index in [1.54, 1.807) is 25.4 Å². The summed E-state index contributed by atoms with van der Waals surface area (Å²) >= 11 is 0. The number of rotatable bonds is 9. The Balaban J connectivity index is 0.00000363. The molecule has 1 unspecified atom stereocenters. The van der Waals surface area contributed by atoms with Gasteiger partial charge in [0.25, 0.3) is 0 Å². The van der Waals surface area contributed by atoms with Crippen molar-refractivity contribution in [2.45, 2.75) is 32.7 Å². The zero-order chi connectivity index (χ0) is 22.1. The van der Waals surface area contributed by atoms with Crippen LogP contribution in [0.5, 0.6) is 0 Å². The number of hydrogen-bond acceptors (Lipinski definition) is 5. The van der Waals surface area contributed by atoms with Crippen molar-refractivity contribution in [3.63, 3.8) is 0 Å². The molecule has 0 aliphatic carbocycles. The molecule has 1 aliphatic heterocycles. The van der Waals surface area contributed by atoms with E-state index in [1.807, 2.05) is 0 Å². The molecule has 0 spiro atoms. The number of guanidine groups is 1. The molecule has 2 aromatic rings. The van der Waals surface area contributed by atoms with Gasteiger partial charge in [-0.3, -0.25) is 9.89 Å². The van der Waals surface area contributed by atoms with Crippen molar-refractivity contribution in [3.8, 4) is 11.5 Å². The summed E-state index contributed by atoms with van der Waals surface area (Å²) in [6.45, 7) is 9.62. The first-order valence-electron chi connectivity index (χ1n) is 11.0. The van der Waals surface area contributed by atoms with Crippen LogP contribution in [-0.4, -0.2) is 68.3 Å². The van der Waals surface area contributed by atoms with Crippen LogP contribution < -0.4 is 10.6 Å². The number of morpholine rings is 1. The molecule has 1 atom stereocenters. The Hall–Kier alpha value is -1.72. The maximum atomic E-state index is 13.1. The second-order valence-corrected chi connectivity index (χ2v) is 8.21. The van der Waals surface area contributed by atoms with Gasteiger partial charge in [0.05, 0.1) is 18.9 Å². The number of aromatic nitrogens is 1. The summed E-state index contributed by atoms with van der Waals surface area (Å²) in [6.07, 6.45) is 3.48. The lowest BCUT2D eigenvalue weighted by molar-refractivity contribution is 0.0132. The van der Waals surface area contributed by atoms with Crippen LogP contribution in [0.1, 0.15) is 26.0 Å². The fourth-order valence-electron chi connectivity index (χ4n) is 3.74. The van der Waals surface area contributed by atoms with Crippen molar-refractivity contribution in [2.24, 2.45) is 10.9 Å². The Kier molecular flexibility index (Phi) is 11.4. The van der Waals surface area contributed by atoms with Crippen molar-refractivity contribution in [3.05, 3.63) is 42.0 Å². The number of nitrogens with one attached hydrogen (secondary N) is 2. The Morgan fingerprint density at radius 2 is 1.91 bits per heavy atom. The summed E-state index contributed by atoms with van der Waals surface area (Å²) in [5, 5.41) is 6.82. The standard InChI is InChI=1S/C23H34FN5O2.HI/c1-17(2)14-21(29-10-12-30-13-11-29)15-27-23(25-3)26-9-8-20-16-31-22(28-20)18-4-6-19(24)7-5-18;/h4-7,16-17,21H,8-15H2,1-3H3,(H2,25,26,27);1H. The zero-order valence-corrected chi connectivity index (χ0v) is 21.5. The fourth-order valence-corrected chi connectivity index (χ4v) is 3.74. The van der Waals surface area contributed by atoms with Crippen molar-refractivity contribution in [2.75, 3.05) is 46.4 Å². The van der Waals surface area contributed by atoms with Gasteiger partial charge in [-0.2, -0.15) is 0 Å². The van der Waals surface area contributed by atoms with Crippen molar-refractivity contribution >= 4 is 29.9 Å². The third-order valence-corrected chi connectivity index (χ3v) is 5.35. The molecule has 1 fully saturated rings. The molecular weight excluding hydrogens is 524 g/mol. The van der Waals surface area contributed by atoms with Crippen LogP contribution in [0.3, 0.4) is 0 Å². The van der Waals surface area contributed by atoms with E-state index in [0.717, 1.165) is 56.5 Å². The summed E-state index contributed by atoms with van der Waals surface area (Å²) in [7, 11) is 1.78. The Morgan fingerprint density at radius 3 is 2.56 bits per heavy atom. The molecule has 7 nitrogen and oxygen atoms in total. The first kappa shape index (κ1) is 26.5. The topological polar surface area (TPSA) is 74.9 Å². The van der Waals surface area contributed by atoms with E-state index in [1.165, 1.54) is 12.1 Å². The van der Waals surface area contributed by atoms with Crippen molar-refractivity contribution in [1.82, 2.24) is 20.5 Å². The molecule has 1 aliphatic rings. The van der Waals surface area contributed by atoms with E-state index in [2.05, 4.69) is 39.4 Å². The summed E-state index contributed by atoms with van der Waals surface area (Å²) in [5.41, 5.74) is 1.60. The highest BCUT2D eigenvalue weighted by Crippen LogP contribution is 2.19. The molecule has 0 radical (unpaired) electrons. The van der Waals surface area contributed by atoms with Crippen LogP contribution in [0.15, 0.2) is 39.9 Å². The van der Waals surface area contributed by atoms with Crippen LogP contribution in [0.2, 0.25) is 0 Å². The van der Waals surface area contributed by atoms with Gasteiger partial charge in [0, 0.05) is 51.3 Å². The number of ether oxygens (including phenoxy) is 1. The molecule has 0 bridgehead atoms. The molecule has 2 N–H and O–H groups in total. The molecule has 2 heterocycles. The van der Waals surface area contributed by atoms with Gasteiger partial charge in [-0.05, 0) is 36.6 Å². The van der Waals surface area contributed by atoms with Crippen LogP contribution >= 0.6 is 24.0 Å². The van der Waals surface area contributed by atoms with Gasteiger partial charge in [-0.25, -0.2) is 9.37 Å². The third kappa shape index (κ3) is 8.32. The predicted molar refractivity (Wildman–Crippen MR) is 136 cm³/mol. The first-order valence-corrected chi connectivity index (χ1v) is 11.0. The summed E-state index contributed by atoms with van der Waals surface area (Å²) in [6, 6.07) is 6.59. The average molecular weight is 559 g/mol. The molecular formula is C23H35FIN5O2. The maximum Gasteiger partial charge on any atom is 0.226 e. The van der Waals surface area contributed by atoms with E-state index in [-0.39, 0.29) is 29.8 Å². The number of halogens is 2. The van der Waals surface area contributed by atoms with Gasteiger partial charge < -0.3 is 19.8 Å². The van der Waals surface area contributed by atoms with Crippen molar-refractivity contribution in [1.29, 1.82) is 0 Å². The molecule has 32 heavy (non-hydrogen) atoms. The van der Waals surface area contributed by atoms with Gasteiger partial charge >= 0.3 is 0 Å². The van der Waals surface area contributed by atoms with Gasteiger partial charge in [0.1, 0.15) is 12.1 Å².